The smallest absolute Gasteiger partial charge is 0.0555 e. The molecule has 0 amide bonds. The van der Waals surface area contributed by atoms with Crippen LogP contribution in [0.1, 0.15) is 19.3 Å². The molecule has 1 aliphatic carbocycles. The SMILES string of the molecule is Cl.Cl.N[C@H]1CC[C@H](O)C1. The van der Waals surface area contributed by atoms with Gasteiger partial charge in [-0.2, -0.15) is 0 Å². The van der Waals surface area contributed by atoms with Gasteiger partial charge in [0.05, 0.1) is 6.10 Å². The molecular weight excluding hydrogens is 161 g/mol. The number of aliphatic hydroxyl groups is 1. The lowest BCUT2D eigenvalue weighted by Gasteiger charge is -1.96. The monoisotopic (exact) mass is 173 g/mol. The summed E-state index contributed by atoms with van der Waals surface area (Å²) >= 11 is 0. The molecule has 2 nitrogen and oxygen atoms in total. The predicted molar refractivity (Wildman–Crippen MR) is 42.3 cm³/mol. The van der Waals surface area contributed by atoms with Crippen LogP contribution in [0.25, 0.3) is 0 Å². The molecule has 0 bridgehead atoms. The lowest BCUT2D eigenvalue weighted by Crippen LogP contribution is -2.15. The fourth-order valence-corrected chi connectivity index (χ4v) is 0.992. The molecule has 0 heterocycles. The Morgan fingerprint density at radius 2 is 1.78 bits per heavy atom. The largest absolute Gasteiger partial charge is 0.393 e. The molecule has 1 aliphatic rings. The van der Waals surface area contributed by atoms with Crippen LogP contribution < -0.4 is 5.73 Å². The van der Waals surface area contributed by atoms with Crippen molar-refractivity contribution in [1.82, 2.24) is 0 Å². The molecule has 0 aromatic carbocycles. The second-order valence-electron chi connectivity index (χ2n) is 2.23. The van der Waals surface area contributed by atoms with Crippen LogP contribution >= 0.6 is 24.8 Å². The average Bonchev–Trinajstić information content (AvgIpc) is 1.87. The zero-order valence-electron chi connectivity index (χ0n) is 5.12. The maximum Gasteiger partial charge on any atom is 0.0555 e. The first kappa shape index (κ1) is 12.2. The summed E-state index contributed by atoms with van der Waals surface area (Å²) in [6, 6.07) is 0.273. The third-order valence-electron chi connectivity index (χ3n) is 1.45. The third kappa shape index (κ3) is 3.98. The van der Waals surface area contributed by atoms with E-state index in [0.29, 0.717) is 0 Å². The van der Waals surface area contributed by atoms with Gasteiger partial charge in [-0.1, -0.05) is 0 Å². The molecule has 0 radical (unpaired) electrons. The minimum Gasteiger partial charge on any atom is -0.393 e. The average molecular weight is 174 g/mol. The van der Waals surface area contributed by atoms with Crippen molar-refractivity contribution < 1.29 is 5.11 Å². The predicted octanol–water partition coefficient (Wildman–Crippen LogP) is 0.702. The lowest BCUT2D eigenvalue weighted by atomic mass is 10.3. The number of hydrogen-bond donors (Lipinski definition) is 2. The number of aliphatic hydroxyl groups excluding tert-OH is 1. The highest BCUT2D eigenvalue weighted by Crippen LogP contribution is 2.15. The summed E-state index contributed by atoms with van der Waals surface area (Å²) in [6.45, 7) is 0. The van der Waals surface area contributed by atoms with E-state index in [1.807, 2.05) is 0 Å². The van der Waals surface area contributed by atoms with Crippen LogP contribution in [-0.2, 0) is 0 Å². The van der Waals surface area contributed by atoms with E-state index >= 15 is 0 Å². The van der Waals surface area contributed by atoms with Crippen molar-refractivity contribution in [3.05, 3.63) is 0 Å². The Hall–Kier alpha value is 0.500. The van der Waals surface area contributed by atoms with Crippen molar-refractivity contribution in [2.45, 2.75) is 31.4 Å². The summed E-state index contributed by atoms with van der Waals surface area (Å²) in [6.07, 6.45) is 2.61. The number of halogens is 2. The van der Waals surface area contributed by atoms with Gasteiger partial charge in [-0.25, -0.2) is 0 Å². The zero-order chi connectivity index (χ0) is 5.28. The number of hydrogen-bond acceptors (Lipinski definition) is 2. The Morgan fingerprint density at radius 3 is 1.89 bits per heavy atom. The molecule has 0 spiro atoms. The van der Waals surface area contributed by atoms with Crippen molar-refractivity contribution >= 4 is 24.8 Å². The van der Waals surface area contributed by atoms with Crippen LogP contribution in [0.15, 0.2) is 0 Å². The fraction of sp³-hybridized carbons (Fsp3) is 1.00. The van der Waals surface area contributed by atoms with Gasteiger partial charge in [0, 0.05) is 6.04 Å². The van der Waals surface area contributed by atoms with E-state index < -0.39 is 0 Å². The van der Waals surface area contributed by atoms with E-state index in [1.54, 1.807) is 0 Å². The van der Waals surface area contributed by atoms with Crippen molar-refractivity contribution in [1.29, 1.82) is 0 Å². The minimum absolute atomic E-state index is 0. The summed E-state index contributed by atoms with van der Waals surface area (Å²) in [7, 11) is 0. The van der Waals surface area contributed by atoms with Crippen LogP contribution in [0.3, 0.4) is 0 Å². The van der Waals surface area contributed by atoms with E-state index in [2.05, 4.69) is 0 Å². The molecule has 0 aromatic heterocycles. The topological polar surface area (TPSA) is 46.2 Å². The third-order valence-corrected chi connectivity index (χ3v) is 1.45. The lowest BCUT2D eigenvalue weighted by molar-refractivity contribution is 0.181. The first-order chi connectivity index (χ1) is 3.29. The standard InChI is InChI=1S/C5H11NO.2ClH/c6-4-1-2-5(7)3-4;;/h4-5,7H,1-3,6H2;2*1H/t4-,5-;;/m0../s1. The molecule has 58 valence electrons. The summed E-state index contributed by atoms with van der Waals surface area (Å²) in [5, 5.41) is 8.82. The van der Waals surface area contributed by atoms with Crippen molar-refractivity contribution in [3.63, 3.8) is 0 Å². The highest BCUT2D eigenvalue weighted by molar-refractivity contribution is 5.85. The molecule has 0 aliphatic heterocycles. The van der Waals surface area contributed by atoms with E-state index in [4.69, 9.17) is 10.8 Å². The Kier molecular flexibility index (Phi) is 7.18. The normalized spacial score (nSPS) is 32.7. The van der Waals surface area contributed by atoms with Gasteiger partial charge < -0.3 is 10.8 Å². The Bertz CT molecular complexity index is 64.0. The molecule has 4 heteroatoms. The highest BCUT2D eigenvalue weighted by Gasteiger charge is 2.18. The second-order valence-corrected chi connectivity index (χ2v) is 2.23. The van der Waals surface area contributed by atoms with Crippen LogP contribution in [0, 0.1) is 0 Å². The van der Waals surface area contributed by atoms with Gasteiger partial charge >= 0.3 is 0 Å². The molecule has 1 rings (SSSR count). The van der Waals surface area contributed by atoms with Crippen molar-refractivity contribution in [2.75, 3.05) is 0 Å². The summed E-state index contributed by atoms with van der Waals surface area (Å²) < 4.78 is 0. The van der Waals surface area contributed by atoms with Gasteiger partial charge in [0.1, 0.15) is 0 Å². The summed E-state index contributed by atoms with van der Waals surface area (Å²) in [4.78, 5) is 0. The Balaban J connectivity index is 0. The maximum absolute atomic E-state index is 8.82. The van der Waals surface area contributed by atoms with E-state index in [-0.39, 0.29) is 37.0 Å². The summed E-state index contributed by atoms with van der Waals surface area (Å²) in [5.41, 5.74) is 5.47. The van der Waals surface area contributed by atoms with Crippen LogP contribution in [0.2, 0.25) is 0 Å². The van der Waals surface area contributed by atoms with Gasteiger partial charge in [-0.05, 0) is 19.3 Å². The molecule has 0 saturated heterocycles. The summed E-state index contributed by atoms with van der Waals surface area (Å²) in [5.74, 6) is 0. The minimum atomic E-state index is -0.102. The first-order valence-electron chi connectivity index (χ1n) is 2.72. The fourth-order valence-electron chi connectivity index (χ4n) is 0.992. The molecule has 3 N–H and O–H groups in total. The molecular formula is C5H13Cl2NO. The number of nitrogens with two attached hydrogens (primary N) is 1. The van der Waals surface area contributed by atoms with Gasteiger partial charge in [0.15, 0.2) is 0 Å². The van der Waals surface area contributed by atoms with E-state index in [9.17, 15) is 0 Å². The number of rotatable bonds is 0. The van der Waals surface area contributed by atoms with Crippen LogP contribution in [-0.4, -0.2) is 17.3 Å². The van der Waals surface area contributed by atoms with Gasteiger partial charge in [-0.3, -0.25) is 0 Å². The highest BCUT2D eigenvalue weighted by atomic mass is 35.5. The molecule has 0 unspecified atom stereocenters. The van der Waals surface area contributed by atoms with Crippen molar-refractivity contribution in [3.8, 4) is 0 Å². The molecule has 0 aromatic rings. The Labute approximate surface area is 67.6 Å². The molecule has 9 heavy (non-hydrogen) atoms. The van der Waals surface area contributed by atoms with Crippen LogP contribution in [0.5, 0.6) is 0 Å². The van der Waals surface area contributed by atoms with Gasteiger partial charge in [-0.15, -0.1) is 24.8 Å². The van der Waals surface area contributed by atoms with Crippen LogP contribution in [0.4, 0.5) is 0 Å². The van der Waals surface area contributed by atoms with Gasteiger partial charge in [0.25, 0.3) is 0 Å². The maximum atomic E-state index is 8.82. The first-order valence-corrected chi connectivity index (χ1v) is 2.72. The molecule has 2 atom stereocenters. The molecule has 1 fully saturated rings. The molecule has 1 saturated carbocycles. The quantitative estimate of drug-likeness (QED) is 0.567. The van der Waals surface area contributed by atoms with Gasteiger partial charge in [0.2, 0.25) is 0 Å². The second kappa shape index (κ2) is 5.30. The Morgan fingerprint density at radius 1 is 1.22 bits per heavy atom. The van der Waals surface area contributed by atoms with E-state index in [1.165, 1.54) is 0 Å². The zero-order valence-corrected chi connectivity index (χ0v) is 6.75. The van der Waals surface area contributed by atoms with Crippen molar-refractivity contribution in [2.24, 2.45) is 5.73 Å². The van der Waals surface area contributed by atoms with E-state index in [0.717, 1.165) is 19.3 Å².